The van der Waals surface area contributed by atoms with Gasteiger partial charge in [-0.15, -0.1) is 0 Å². The summed E-state index contributed by atoms with van der Waals surface area (Å²) in [6.07, 6.45) is 2.55. The molecule has 0 aliphatic carbocycles. The summed E-state index contributed by atoms with van der Waals surface area (Å²) in [7, 11) is -7.77. The van der Waals surface area contributed by atoms with Gasteiger partial charge in [0.2, 0.25) is 15.9 Å². The van der Waals surface area contributed by atoms with Crippen molar-refractivity contribution in [3.8, 4) is 0 Å². The van der Waals surface area contributed by atoms with E-state index in [0.29, 0.717) is 0 Å². The number of rotatable bonds is 9. The number of carbonyl (C=O) groups excluding carboxylic acids is 1. The zero-order chi connectivity index (χ0) is 24.9. The first-order valence-electron chi connectivity index (χ1n) is 10.1. The molecule has 0 fully saturated rings. The molecule has 1 unspecified atom stereocenters. The third-order valence-electron chi connectivity index (χ3n) is 4.75. The summed E-state index contributed by atoms with van der Waals surface area (Å²) in [5, 5.41) is 2.61. The molecule has 9 nitrogen and oxygen atoms in total. The molecule has 12 heteroatoms. The number of sulfonamides is 2. The van der Waals surface area contributed by atoms with E-state index in [-0.39, 0.29) is 28.5 Å². The molecular formula is C22H23FN4O5S2. The van der Waals surface area contributed by atoms with Gasteiger partial charge in [0.15, 0.2) is 0 Å². The van der Waals surface area contributed by atoms with Crippen LogP contribution in [-0.2, 0) is 24.8 Å². The number of halogens is 1. The van der Waals surface area contributed by atoms with Crippen molar-refractivity contribution in [3.05, 3.63) is 78.7 Å². The molecular weight excluding hydrogens is 483 g/mol. The topological polar surface area (TPSA) is 126 Å². The van der Waals surface area contributed by atoms with Crippen LogP contribution in [0, 0.1) is 5.82 Å². The predicted octanol–water partition coefficient (Wildman–Crippen LogP) is 3.20. The first kappa shape index (κ1) is 25.1. The molecule has 0 bridgehead atoms. The highest BCUT2D eigenvalue weighted by Gasteiger charge is 2.31. The van der Waals surface area contributed by atoms with Gasteiger partial charge in [-0.25, -0.2) is 26.2 Å². The number of aromatic nitrogens is 1. The smallest absolute Gasteiger partial charge is 0.263 e. The molecule has 3 rings (SSSR count). The van der Waals surface area contributed by atoms with E-state index in [1.807, 2.05) is 0 Å². The number of nitrogens with zero attached hydrogens (tertiary/aromatic N) is 2. The van der Waals surface area contributed by atoms with Gasteiger partial charge >= 0.3 is 0 Å². The maximum Gasteiger partial charge on any atom is 0.263 e. The number of carbonyl (C=O) groups is 1. The highest BCUT2D eigenvalue weighted by Crippen LogP contribution is 2.24. The SMILES string of the molecule is CCC(C(=O)Nc1ccc(S(=O)(=O)Nc2ccccn2)cc1)N(c1ccc(F)cc1)S(C)(=O)=O. The number of amides is 1. The largest absolute Gasteiger partial charge is 0.324 e. The number of benzene rings is 2. The van der Waals surface area contributed by atoms with Gasteiger partial charge in [0.1, 0.15) is 17.7 Å². The van der Waals surface area contributed by atoms with E-state index in [1.165, 1.54) is 48.7 Å². The summed E-state index contributed by atoms with van der Waals surface area (Å²) in [5.41, 5.74) is 0.417. The number of anilines is 3. The minimum absolute atomic E-state index is 0.0488. The Balaban J connectivity index is 1.79. The predicted molar refractivity (Wildman–Crippen MR) is 128 cm³/mol. The Labute approximate surface area is 197 Å². The van der Waals surface area contributed by atoms with Gasteiger partial charge < -0.3 is 5.32 Å². The van der Waals surface area contributed by atoms with Crippen molar-refractivity contribution in [2.45, 2.75) is 24.3 Å². The Morgan fingerprint density at radius 1 is 1.00 bits per heavy atom. The van der Waals surface area contributed by atoms with Crippen molar-refractivity contribution in [2.75, 3.05) is 20.6 Å². The monoisotopic (exact) mass is 506 g/mol. The highest BCUT2D eigenvalue weighted by atomic mass is 32.2. The molecule has 1 atom stereocenters. The van der Waals surface area contributed by atoms with E-state index in [9.17, 15) is 26.0 Å². The van der Waals surface area contributed by atoms with Gasteiger partial charge in [-0.3, -0.25) is 13.8 Å². The number of hydrogen-bond donors (Lipinski definition) is 2. The molecule has 3 aromatic rings. The summed E-state index contributed by atoms with van der Waals surface area (Å²) < 4.78 is 66.6. The van der Waals surface area contributed by atoms with Crippen molar-refractivity contribution in [1.29, 1.82) is 0 Å². The van der Waals surface area contributed by atoms with Crippen LogP contribution < -0.4 is 14.3 Å². The second kappa shape index (κ2) is 10.2. The van der Waals surface area contributed by atoms with E-state index >= 15 is 0 Å². The van der Waals surface area contributed by atoms with E-state index in [2.05, 4.69) is 15.0 Å². The summed E-state index contributed by atoms with van der Waals surface area (Å²) in [6.45, 7) is 1.64. The maximum atomic E-state index is 13.3. The number of hydrogen-bond acceptors (Lipinski definition) is 6. The lowest BCUT2D eigenvalue weighted by Crippen LogP contribution is -2.47. The normalized spacial score (nSPS) is 12.6. The Morgan fingerprint density at radius 3 is 2.18 bits per heavy atom. The van der Waals surface area contributed by atoms with Crippen LogP contribution in [0.25, 0.3) is 0 Å². The second-order valence-electron chi connectivity index (χ2n) is 7.29. The third kappa shape index (κ3) is 6.08. The lowest BCUT2D eigenvalue weighted by Gasteiger charge is -2.30. The van der Waals surface area contributed by atoms with E-state index < -0.39 is 37.8 Å². The lowest BCUT2D eigenvalue weighted by molar-refractivity contribution is -0.117. The molecule has 0 spiro atoms. The molecule has 1 heterocycles. The number of pyridine rings is 1. The minimum Gasteiger partial charge on any atom is -0.324 e. The Hall–Kier alpha value is -3.51. The number of nitrogens with one attached hydrogen (secondary N) is 2. The maximum absolute atomic E-state index is 13.3. The van der Waals surface area contributed by atoms with Gasteiger partial charge in [0.05, 0.1) is 16.8 Å². The molecule has 0 aliphatic rings. The van der Waals surface area contributed by atoms with Crippen LogP contribution in [-0.4, -0.2) is 40.0 Å². The first-order valence-corrected chi connectivity index (χ1v) is 13.4. The molecule has 0 saturated carbocycles. The fourth-order valence-corrected chi connectivity index (χ4v) is 5.43. The van der Waals surface area contributed by atoms with E-state index in [1.54, 1.807) is 19.1 Å². The molecule has 0 radical (unpaired) electrons. The molecule has 34 heavy (non-hydrogen) atoms. The zero-order valence-corrected chi connectivity index (χ0v) is 20.0. The average molecular weight is 507 g/mol. The van der Waals surface area contributed by atoms with Gasteiger partial charge in [0, 0.05) is 11.9 Å². The molecule has 180 valence electrons. The fourth-order valence-electron chi connectivity index (χ4n) is 3.21. The molecule has 2 N–H and O–H groups in total. The molecule has 1 amide bonds. The van der Waals surface area contributed by atoms with Crippen molar-refractivity contribution < 1.29 is 26.0 Å². The standard InChI is InChI=1S/C22H23FN4O5S2/c1-3-20(27(33(2,29)30)18-11-7-16(23)8-12-18)22(28)25-17-9-13-19(14-10-17)34(31,32)26-21-6-4-5-15-24-21/h4-15,20H,3H2,1-2H3,(H,24,26)(H,25,28). The molecule has 0 saturated heterocycles. The average Bonchev–Trinajstić information content (AvgIpc) is 2.78. The van der Waals surface area contributed by atoms with Crippen LogP contribution >= 0.6 is 0 Å². The van der Waals surface area contributed by atoms with E-state index in [4.69, 9.17) is 0 Å². The van der Waals surface area contributed by atoms with Crippen LogP contribution in [0.15, 0.2) is 77.8 Å². The highest BCUT2D eigenvalue weighted by molar-refractivity contribution is 7.92. The van der Waals surface area contributed by atoms with Crippen LogP contribution in [0.2, 0.25) is 0 Å². The summed E-state index contributed by atoms with van der Waals surface area (Å²) in [5.74, 6) is -1.01. The first-order chi connectivity index (χ1) is 16.0. The van der Waals surface area contributed by atoms with Crippen LogP contribution in [0.3, 0.4) is 0 Å². The van der Waals surface area contributed by atoms with Gasteiger partial charge in [-0.1, -0.05) is 13.0 Å². The molecule has 1 aromatic heterocycles. The van der Waals surface area contributed by atoms with E-state index in [0.717, 1.165) is 22.7 Å². The third-order valence-corrected chi connectivity index (χ3v) is 7.30. The Kier molecular flexibility index (Phi) is 7.52. The van der Waals surface area contributed by atoms with Crippen molar-refractivity contribution in [2.24, 2.45) is 0 Å². The van der Waals surface area contributed by atoms with Crippen LogP contribution in [0.4, 0.5) is 21.6 Å². The summed E-state index contributed by atoms with van der Waals surface area (Å²) in [4.78, 5) is 16.8. The van der Waals surface area contributed by atoms with Crippen molar-refractivity contribution in [1.82, 2.24) is 4.98 Å². The summed E-state index contributed by atoms with van der Waals surface area (Å²) in [6, 6.07) is 13.8. The zero-order valence-electron chi connectivity index (χ0n) is 18.3. The quantitative estimate of drug-likeness (QED) is 0.459. The second-order valence-corrected chi connectivity index (χ2v) is 10.8. The molecule has 0 aliphatic heterocycles. The minimum atomic E-state index is -3.90. The van der Waals surface area contributed by atoms with Gasteiger partial charge in [-0.05, 0) is 67.1 Å². The Bertz CT molecular complexity index is 1350. The Morgan fingerprint density at radius 2 is 1.65 bits per heavy atom. The van der Waals surface area contributed by atoms with Crippen molar-refractivity contribution >= 4 is 43.1 Å². The molecule has 2 aromatic carbocycles. The fraction of sp³-hybridized carbons (Fsp3) is 0.182. The van der Waals surface area contributed by atoms with Crippen LogP contribution in [0.5, 0.6) is 0 Å². The lowest BCUT2D eigenvalue weighted by atomic mass is 10.2. The van der Waals surface area contributed by atoms with Gasteiger partial charge in [-0.2, -0.15) is 0 Å². The summed E-state index contributed by atoms with van der Waals surface area (Å²) >= 11 is 0. The van der Waals surface area contributed by atoms with Crippen LogP contribution in [0.1, 0.15) is 13.3 Å². The van der Waals surface area contributed by atoms with Gasteiger partial charge in [0.25, 0.3) is 10.0 Å². The van der Waals surface area contributed by atoms with Crippen molar-refractivity contribution in [3.63, 3.8) is 0 Å².